The van der Waals surface area contributed by atoms with E-state index in [0.29, 0.717) is 5.69 Å². The molecule has 0 atom stereocenters. The normalized spacial score (nSPS) is 13.7. The van der Waals surface area contributed by atoms with Gasteiger partial charge < -0.3 is 10.2 Å². The quantitative estimate of drug-likeness (QED) is 0.492. The molecule has 1 saturated heterocycles. The third-order valence-corrected chi connectivity index (χ3v) is 7.09. The van der Waals surface area contributed by atoms with Gasteiger partial charge in [-0.15, -0.1) is 0 Å². The van der Waals surface area contributed by atoms with Crippen LogP contribution in [0.1, 0.15) is 23.2 Å². The lowest BCUT2D eigenvalue weighted by Crippen LogP contribution is -2.19. The molecule has 33 heavy (non-hydrogen) atoms. The van der Waals surface area contributed by atoms with Crippen molar-refractivity contribution < 1.29 is 22.0 Å². The van der Waals surface area contributed by atoms with Gasteiger partial charge in [-0.2, -0.15) is 0 Å². The number of hydrogen-bond acceptors (Lipinski definition) is 4. The summed E-state index contributed by atoms with van der Waals surface area (Å²) in [4.78, 5) is 14.3. The Hall–Kier alpha value is -3.17. The minimum Gasteiger partial charge on any atom is -0.369 e. The summed E-state index contributed by atoms with van der Waals surface area (Å²) in [5.74, 6) is -1.59. The molecule has 0 saturated carbocycles. The molecule has 0 radical (unpaired) electrons. The van der Waals surface area contributed by atoms with Gasteiger partial charge in [-0.1, -0.05) is 11.6 Å². The first-order chi connectivity index (χ1) is 15.7. The minimum atomic E-state index is -4.16. The van der Waals surface area contributed by atoms with Gasteiger partial charge in [0.25, 0.3) is 15.9 Å². The SMILES string of the molecule is O=C(Nc1ccc(N2CCCC2)c(F)c1)c1ccc(Cl)c(S(=O)(=O)Nc2ccc(F)cc2)c1. The summed E-state index contributed by atoms with van der Waals surface area (Å²) in [7, 11) is -4.16. The Morgan fingerprint density at radius 2 is 1.58 bits per heavy atom. The van der Waals surface area contributed by atoms with Crippen LogP contribution in [0.5, 0.6) is 0 Å². The topological polar surface area (TPSA) is 78.5 Å². The second-order valence-electron chi connectivity index (χ2n) is 7.57. The molecule has 1 amide bonds. The zero-order valence-electron chi connectivity index (χ0n) is 17.3. The molecule has 0 spiro atoms. The Balaban J connectivity index is 1.53. The summed E-state index contributed by atoms with van der Waals surface area (Å²) in [6.45, 7) is 1.58. The van der Waals surface area contributed by atoms with E-state index in [9.17, 15) is 22.0 Å². The highest BCUT2D eigenvalue weighted by molar-refractivity contribution is 7.92. The van der Waals surface area contributed by atoms with Crippen molar-refractivity contribution >= 4 is 44.6 Å². The highest BCUT2D eigenvalue weighted by Gasteiger charge is 2.21. The predicted octanol–water partition coefficient (Wildman–Crippen LogP) is 5.27. The maximum Gasteiger partial charge on any atom is 0.263 e. The number of amides is 1. The van der Waals surface area contributed by atoms with Gasteiger partial charge >= 0.3 is 0 Å². The first-order valence-corrected chi connectivity index (χ1v) is 12.0. The van der Waals surface area contributed by atoms with Gasteiger partial charge in [-0.05, 0) is 73.5 Å². The van der Waals surface area contributed by atoms with E-state index >= 15 is 0 Å². The molecule has 1 aliphatic heterocycles. The molecule has 0 aromatic heterocycles. The molecule has 4 rings (SSSR count). The average molecular weight is 492 g/mol. The van der Waals surface area contributed by atoms with Crippen LogP contribution in [0.4, 0.5) is 25.8 Å². The average Bonchev–Trinajstić information content (AvgIpc) is 3.30. The molecule has 1 aliphatic rings. The summed E-state index contributed by atoms with van der Waals surface area (Å²) < 4.78 is 55.5. The van der Waals surface area contributed by atoms with Gasteiger partial charge in [-0.25, -0.2) is 17.2 Å². The highest BCUT2D eigenvalue weighted by Crippen LogP contribution is 2.28. The summed E-state index contributed by atoms with van der Waals surface area (Å²) in [6, 6.07) is 13.0. The number of nitrogens with zero attached hydrogens (tertiary/aromatic N) is 1. The number of rotatable bonds is 6. The molecular formula is C23H20ClF2N3O3S. The number of halogens is 3. The van der Waals surface area contributed by atoms with Crippen LogP contribution in [-0.2, 0) is 10.0 Å². The number of anilines is 3. The minimum absolute atomic E-state index is 0.0166. The molecule has 3 aromatic carbocycles. The lowest BCUT2D eigenvalue weighted by atomic mass is 10.2. The highest BCUT2D eigenvalue weighted by atomic mass is 35.5. The molecule has 0 bridgehead atoms. The second kappa shape index (κ2) is 9.36. The van der Waals surface area contributed by atoms with E-state index in [1.165, 1.54) is 30.3 Å². The van der Waals surface area contributed by atoms with E-state index < -0.39 is 27.6 Å². The predicted molar refractivity (Wildman–Crippen MR) is 124 cm³/mol. The Kier molecular flexibility index (Phi) is 6.53. The number of nitrogens with one attached hydrogen (secondary N) is 2. The maximum absolute atomic E-state index is 14.5. The Morgan fingerprint density at radius 1 is 0.909 bits per heavy atom. The number of carbonyl (C=O) groups excluding carboxylic acids is 1. The molecule has 172 valence electrons. The van der Waals surface area contributed by atoms with Crippen LogP contribution in [0.3, 0.4) is 0 Å². The number of sulfonamides is 1. The van der Waals surface area contributed by atoms with Crippen molar-refractivity contribution in [2.45, 2.75) is 17.7 Å². The number of hydrogen-bond donors (Lipinski definition) is 2. The Bertz CT molecular complexity index is 1290. The van der Waals surface area contributed by atoms with Gasteiger partial charge in [-0.3, -0.25) is 9.52 Å². The van der Waals surface area contributed by atoms with Crippen molar-refractivity contribution in [2.24, 2.45) is 0 Å². The first kappa shape index (κ1) is 23.0. The Morgan fingerprint density at radius 3 is 2.24 bits per heavy atom. The van der Waals surface area contributed by atoms with E-state index in [1.807, 2.05) is 4.90 Å². The van der Waals surface area contributed by atoms with Crippen molar-refractivity contribution in [2.75, 3.05) is 28.0 Å². The standard InChI is InChI=1S/C23H20ClF2N3O3S/c24-19-9-3-15(13-22(19)33(31,32)28-17-6-4-16(25)5-7-17)23(30)27-18-8-10-21(20(26)14-18)29-11-1-2-12-29/h3-10,13-14,28H,1-2,11-12H2,(H,27,30). The van der Waals surface area contributed by atoms with Gasteiger partial charge in [0, 0.05) is 30.0 Å². The number of benzene rings is 3. The molecular weight excluding hydrogens is 472 g/mol. The van der Waals surface area contributed by atoms with E-state index in [0.717, 1.165) is 44.1 Å². The molecule has 0 unspecified atom stereocenters. The Labute approximate surface area is 195 Å². The smallest absolute Gasteiger partial charge is 0.263 e. The molecule has 3 aromatic rings. The summed E-state index contributed by atoms with van der Waals surface area (Å²) in [5.41, 5.74) is 0.875. The van der Waals surface area contributed by atoms with Crippen LogP contribution in [0.2, 0.25) is 5.02 Å². The van der Waals surface area contributed by atoms with Crippen molar-refractivity contribution in [3.63, 3.8) is 0 Å². The molecule has 6 nitrogen and oxygen atoms in total. The summed E-state index contributed by atoms with van der Waals surface area (Å²) in [6.07, 6.45) is 2.02. The van der Waals surface area contributed by atoms with E-state index in [2.05, 4.69) is 10.0 Å². The fraction of sp³-hybridized carbons (Fsp3) is 0.174. The van der Waals surface area contributed by atoms with Crippen LogP contribution in [0, 0.1) is 11.6 Å². The molecule has 0 aliphatic carbocycles. The zero-order valence-corrected chi connectivity index (χ0v) is 18.9. The summed E-state index contributed by atoms with van der Waals surface area (Å²) >= 11 is 6.07. The van der Waals surface area contributed by atoms with Crippen LogP contribution < -0.4 is 14.9 Å². The fourth-order valence-corrected chi connectivity index (χ4v) is 5.17. The first-order valence-electron chi connectivity index (χ1n) is 10.2. The lowest BCUT2D eigenvalue weighted by Gasteiger charge is -2.19. The van der Waals surface area contributed by atoms with Gasteiger partial charge in [0.2, 0.25) is 0 Å². The molecule has 1 fully saturated rings. The van der Waals surface area contributed by atoms with E-state index in [-0.39, 0.29) is 26.9 Å². The largest absolute Gasteiger partial charge is 0.369 e. The zero-order chi connectivity index (χ0) is 23.6. The van der Waals surface area contributed by atoms with Gasteiger partial charge in [0.15, 0.2) is 0 Å². The van der Waals surface area contributed by atoms with Crippen LogP contribution in [0.25, 0.3) is 0 Å². The van der Waals surface area contributed by atoms with Crippen molar-refractivity contribution in [3.8, 4) is 0 Å². The molecule has 1 heterocycles. The van der Waals surface area contributed by atoms with Crippen molar-refractivity contribution in [1.29, 1.82) is 0 Å². The van der Waals surface area contributed by atoms with Crippen molar-refractivity contribution in [1.82, 2.24) is 0 Å². The second-order valence-corrected chi connectivity index (χ2v) is 9.63. The lowest BCUT2D eigenvalue weighted by molar-refractivity contribution is 0.102. The van der Waals surface area contributed by atoms with Gasteiger partial charge in [0.05, 0.1) is 10.7 Å². The maximum atomic E-state index is 14.5. The third-order valence-electron chi connectivity index (χ3n) is 5.23. The van der Waals surface area contributed by atoms with E-state index in [4.69, 9.17) is 11.6 Å². The van der Waals surface area contributed by atoms with Crippen LogP contribution in [0.15, 0.2) is 65.6 Å². The molecule has 10 heteroatoms. The monoisotopic (exact) mass is 491 g/mol. The van der Waals surface area contributed by atoms with Gasteiger partial charge in [0.1, 0.15) is 16.5 Å². The van der Waals surface area contributed by atoms with Crippen molar-refractivity contribution in [3.05, 3.63) is 82.9 Å². The van der Waals surface area contributed by atoms with E-state index in [1.54, 1.807) is 12.1 Å². The summed E-state index contributed by atoms with van der Waals surface area (Å²) in [5, 5.41) is 2.48. The molecule has 2 N–H and O–H groups in total. The number of carbonyl (C=O) groups is 1. The van der Waals surface area contributed by atoms with Crippen LogP contribution >= 0.6 is 11.6 Å². The van der Waals surface area contributed by atoms with Crippen LogP contribution in [-0.4, -0.2) is 27.4 Å². The third kappa shape index (κ3) is 5.26. The fourth-order valence-electron chi connectivity index (χ4n) is 3.58.